The molecule has 0 bridgehead atoms. The predicted octanol–water partition coefficient (Wildman–Crippen LogP) is 4.56. The largest absolute Gasteiger partial charge is 0.474 e. The molecule has 4 heterocycles. The zero-order valence-electron chi connectivity index (χ0n) is 19.6. The van der Waals surface area contributed by atoms with Crippen LogP contribution in [0.15, 0.2) is 91.5 Å². The van der Waals surface area contributed by atoms with Gasteiger partial charge in [0.2, 0.25) is 5.88 Å². The first kappa shape index (κ1) is 21.9. The normalized spacial score (nSPS) is 14.2. The molecule has 1 aliphatic rings. The van der Waals surface area contributed by atoms with Crippen molar-refractivity contribution in [2.24, 2.45) is 0 Å². The van der Waals surface area contributed by atoms with E-state index in [0.717, 1.165) is 40.6 Å². The van der Waals surface area contributed by atoms with Crippen molar-refractivity contribution in [3.63, 3.8) is 0 Å². The Hall–Kier alpha value is -4.59. The van der Waals surface area contributed by atoms with Crippen LogP contribution >= 0.6 is 0 Å². The van der Waals surface area contributed by atoms with Gasteiger partial charge in [-0.25, -0.2) is 9.67 Å². The van der Waals surface area contributed by atoms with Crippen molar-refractivity contribution in [1.29, 1.82) is 0 Å². The number of carbonyl (C=O) groups is 1. The van der Waals surface area contributed by atoms with Crippen molar-refractivity contribution in [2.75, 3.05) is 13.1 Å². The Morgan fingerprint density at radius 1 is 0.917 bits per heavy atom. The highest BCUT2D eigenvalue weighted by Crippen LogP contribution is 2.27. The lowest BCUT2D eigenvalue weighted by Crippen LogP contribution is -2.41. The number of fused-ring (bicyclic) bond motifs is 1. The van der Waals surface area contributed by atoms with E-state index in [4.69, 9.17) is 4.74 Å². The average molecular weight is 477 g/mol. The highest BCUT2D eigenvalue weighted by Gasteiger charge is 2.25. The number of piperidine rings is 1. The van der Waals surface area contributed by atoms with Gasteiger partial charge in [0.05, 0.1) is 11.9 Å². The summed E-state index contributed by atoms with van der Waals surface area (Å²) in [6, 6.07) is 21.2. The molecule has 2 aromatic carbocycles. The van der Waals surface area contributed by atoms with Crippen molar-refractivity contribution in [3.05, 3.63) is 97.1 Å². The summed E-state index contributed by atoms with van der Waals surface area (Å²) in [5.74, 6) is 0.660. The van der Waals surface area contributed by atoms with E-state index in [9.17, 15) is 4.79 Å². The molecule has 0 spiro atoms. The summed E-state index contributed by atoms with van der Waals surface area (Å²) in [5.41, 5.74) is 3.28. The van der Waals surface area contributed by atoms with Crippen molar-refractivity contribution in [1.82, 2.24) is 29.9 Å². The molecule has 0 saturated carbocycles. The molecule has 0 unspecified atom stereocenters. The molecule has 1 saturated heterocycles. The molecule has 8 nitrogen and oxygen atoms in total. The van der Waals surface area contributed by atoms with Crippen LogP contribution in [0.2, 0.25) is 0 Å². The smallest absolute Gasteiger partial charge is 0.253 e. The van der Waals surface area contributed by atoms with Crippen molar-refractivity contribution in [2.45, 2.75) is 18.9 Å². The maximum atomic E-state index is 13.1. The molecule has 1 aliphatic heterocycles. The monoisotopic (exact) mass is 476 g/mol. The summed E-state index contributed by atoms with van der Waals surface area (Å²) < 4.78 is 7.67. The fourth-order valence-corrected chi connectivity index (χ4v) is 4.56. The SMILES string of the molecule is O=C(c1ccc(-n2cc(-c3cccc4cnccc34)nn2)cc1)N1CCC(Oc2ccccn2)CC1. The molecule has 1 amide bonds. The minimum Gasteiger partial charge on any atom is -0.474 e. The van der Waals surface area contributed by atoms with E-state index in [2.05, 4.69) is 20.3 Å². The van der Waals surface area contributed by atoms with Gasteiger partial charge in [-0.3, -0.25) is 9.78 Å². The molecule has 5 aromatic rings. The predicted molar refractivity (Wildman–Crippen MR) is 136 cm³/mol. The third-order valence-corrected chi connectivity index (χ3v) is 6.48. The first-order chi connectivity index (χ1) is 17.7. The van der Waals surface area contributed by atoms with Crippen LogP contribution in [-0.2, 0) is 0 Å². The second-order valence-corrected chi connectivity index (χ2v) is 8.77. The lowest BCUT2D eigenvalue weighted by molar-refractivity contribution is 0.0588. The summed E-state index contributed by atoms with van der Waals surface area (Å²) >= 11 is 0. The summed E-state index contributed by atoms with van der Waals surface area (Å²) in [7, 11) is 0. The van der Waals surface area contributed by atoms with E-state index in [1.807, 2.05) is 84.0 Å². The summed E-state index contributed by atoms with van der Waals surface area (Å²) in [6.45, 7) is 1.32. The van der Waals surface area contributed by atoms with Gasteiger partial charge in [-0.2, -0.15) is 0 Å². The minimum absolute atomic E-state index is 0.0291. The maximum absolute atomic E-state index is 13.1. The maximum Gasteiger partial charge on any atom is 0.253 e. The molecule has 0 aliphatic carbocycles. The van der Waals surface area contributed by atoms with Crippen LogP contribution in [0.1, 0.15) is 23.2 Å². The Bertz CT molecular complexity index is 1490. The second kappa shape index (κ2) is 9.58. The lowest BCUT2D eigenvalue weighted by atomic mass is 10.0. The van der Waals surface area contributed by atoms with E-state index in [-0.39, 0.29) is 12.0 Å². The molecular weight excluding hydrogens is 452 g/mol. The zero-order chi connectivity index (χ0) is 24.3. The highest BCUT2D eigenvalue weighted by molar-refractivity contribution is 5.95. The molecule has 6 rings (SSSR count). The fraction of sp³-hybridized carbons (Fsp3) is 0.179. The van der Waals surface area contributed by atoms with Gasteiger partial charge in [-0.05, 0) is 41.8 Å². The van der Waals surface area contributed by atoms with Crippen LogP contribution in [0.5, 0.6) is 5.88 Å². The number of likely N-dealkylation sites (tertiary alicyclic amines) is 1. The van der Waals surface area contributed by atoms with Gasteiger partial charge >= 0.3 is 0 Å². The summed E-state index contributed by atoms with van der Waals surface area (Å²) in [5, 5.41) is 10.8. The molecule has 8 heteroatoms. The molecule has 3 aromatic heterocycles. The summed E-state index contributed by atoms with van der Waals surface area (Å²) in [4.78, 5) is 23.4. The molecule has 36 heavy (non-hydrogen) atoms. The third-order valence-electron chi connectivity index (χ3n) is 6.48. The Morgan fingerprint density at radius 3 is 2.58 bits per heavy atom. The number of ether oxygens (including phenoxy) is 1. The van der Waals surface area contributed by atoms with Crippen LogP contribution in [0.3, 0.4) is 0 Å². The third kappa shape index (κ3) is 4.40. The number of hydrogen-bond donors (Lipinski definition) is 0. The van der Waals surface area contributed by atoms with Gasteiger partial charge in [-0.15, -0.1) is 5.10 Å². The topological polar surface area (TPSA) is 86.0 Å². The number of amides is 1. The molecule has 0 N–H and O–H groups in total. The van der Waals surface area contributed by atoms with Gasteiger partial charge < -0.3 is 9.64 Å². The second-order valence-electron chi connectivity index (χ2n) is 8.77. The summed E-state index contributed by atoms with van der Waals surface area (Å²) in [6.07, 6.45) is 8.89. The van der Waals surface area contributed by atoms with Gasteiger partial charge in [0.25, 0.3) is 5.91 Å². The van der Waals surface area contributed by atoms with E-state index in [1.54, 1.807) is 17.1 Å². The number of pyridine rings is 2. The van der Waals surface area contributed by atoms with Crippen molar-refractivity contribution in [3.8, 4) is 22.8 Å². The van der Waals surface area contributed by atoms with E-state index >= 15 is 0 Å². The first-order valence-electron chi connectivity index (χ1n) is 12.0. The Labute approximate surface area is 208 Å². The Kier molecular flexibility index (Phi) is 5.83. The number of rotatable bonds is 5. The molecular formula is C28H24N6O2. The lowest BCUT2D eigenvalue weighted by Gasteiger charge is -2.32. The van der Waals surface area contributed by atoms with Gasteiger partial charge in [-0.1, -0.05) is 29.5 Å². The number of hydrogen-bond acceptors (Lipinski definition) is 6. The Balaban J connectivity index is 1.12. The number of carbonyl (C=O) groups excluding carboxylic acids is 1. The Morgan fingerprint density at radius 2 is 1.78 bits per heavy atom. The number of aromatic nitrogens is 5. The molecule has 1 fully saturated rings. The average Bonchev–Trinajstić information content (AvgIpc) is 3.44. The van der Waals surface area contributed by atoms with Crippen molar-refractivity contribution >= 4 is 16.7 Å². The molecule has 0 atom stereocenters. The fourth-order valence-electron chi connectivity index (χ4n) is 4.56. The molecule has 178 valence electrons. The number of benzene rings is 2. The standard InChI is InChI=1S/C28H24N6O2/c35-28(33-16-12-23(13-17-33)36-27-6-1-2-14-30-27)20-7-9-22(10-8-20)34-19-26(31-32-34)25-5-3-4-21-18-29-15-11-24(21)25/h1-11,14-15,18-19,23H,12-13,16-17H2. The van der Waals surface area contributed by atoms with Crippen LogP contribution in [-0.4, -0.2) is 55.0 Å². The van der Waals surface area contributed by atoms with Gasteiger partial charge in [0.1, 0.15) is 11.8 Å². The first-order valence-corrected chi connectivity index (χ1v) is 12.0. The zero-order valence-corrected chi connectivity index (χ0v) is 19.6. The van der Waals surface area contributed by atoms with Crippen molar-refractivity contribution < 1.29 is 9.53 Å². The van der Waals surface area contributed by atoms with E-state index in [1.165, 1.54) is 0 Å². The van der Waals surface area contributed by atoms with Crippen LogP contribution in [0.4, 0.5) is 0 Å². The van der Waals surface area contributed by atoms with Crippen LogP contribution in [0.25, 0.3) is 27.7 Å². The number of nitrogens with zero attached hydrogens (tertiary/aromatic N) is 6. The van der Waals surface area contributed by atoms with Crippen LogP contribution in [0, 0.1) is 0 Å². The molecule has 0 radical (unpaired) electrons. The highest BCUT2D eigenvalue weighted by atomic mass is 16.5. The van der Waals surface area contributed by atoms with Crippen LogP contribution < -0.4 is 4.74 Å². The van der Waals surface area contributed by atoms with Gasteiger partial charge in [0, 0.05) is 67.1 Å². The van der Waals surface area contributed by atoms with E-state index < -0.39 is 0 Å². The van der Waals surface area contributed by atoms with E-state index in [0.29, 0.717) is 24.5 Å². The van der Waals surface area contributed by atoms with Gasteiger partial charge in [0.15, 0.2) is 0 Å². The minimum atomic E-state index is 0.0291. The quantitative estimate of drug-likeness (QED) is 0.370.